The molecule has 3 aromatic rings. The van der Waals surface area contributed by atoms with Gasteiger partial charge in [0, 0.05) is 63.3 Å². The van der Waals surface area contributed by atoms with Gasteiger partial charge in [-0.1, -0.05) is 18.2 Å². The Hall–Kier alpha value is -3.32. The molecule has 0 saturated carbocycles. The molecular formula is C24H27N5O2. The van der Waals surface area contributed by atoms with Crippen LogP contribution in [0.2, 0.25) is 0 Å². The largest absolute Gasteiger partial charge is 0.364 e. The lowest BCUT2D eigenvalue weighted by Gasteiger charge is -2.25. The van der Waals surface area contributed by atoms with Crippen molar-refractivity contribution in [2.45, 2.75) is 26.3 Å². The van der Waals surface area contributed by atoms with Crippen LogP contribution in [0.25, 0.3) is 10.9 Å². The summed E-state index contributed by atoms with van der Waals surface area (Å²) in [6, 6.07) is 11.6. The number of carbonyl (C=O) groups is 2. The van der Waals surface area contributed by atoms with Crippen LogP contribution in [0.15, 0.2) is 48.8 Å². The van der Waals surface area contributed by atoms with E-state index in [0.29, 0.717) is 13.1 Å². The van der Waals surface area contributed by atoms with Gasteiger partial charge >= 0.3 is 0 Å². The van der Waals surface area contributed by atoms with Crippen molar-refractivity contribution in [1.29, 1.82) is 0 Å². The van der Waals surface area contributed by atoms with Crippen molar-refractivity contribution in [1.82, 2.24) is 19.8 Å². The standard InChI is InChI=1S/C24H27N5O2/c1-16-19(5-7-22-21(16)6-8-23(27-22)24(25)31)13-28-10-11-29(17(2)30)15-20(14-28)18-4-3-9-26-12-18/h3-9,12,20H,10-11,13-15H2,1-2H3,(H2,25,31)/t20-/m1/s1. The maximum Gasteiger partial charge on any atom is 0.267 e. The molecule has 0 aliphatic carbocycles. The molecular weight excluding hydrogens is 390 g/mol. The lowest BCUT2D eigenvalue weighted by Crippen LogP contribution is -2.34. The van der Waals surface area contributed by atoms with E-state index in [1.165, 1.54) is 5.56 Å². The molecule has 1 atom stereocenters. The summed E-state index contributed by atoms with van der Waals surface area (Å²) in [5, 5.41) is 1.02. The molecule has 4 rings (SSSR count). The van der Waals surface area contributed by atoms with E-state index in [9.17, 15) is 9.59 Å². The van der Waals surface area contributed by atoms with Gasteiger partial charge in [-0.3, -0.25) is 19.5 Å². The second kappa shape index (κ2) is 8.81. The molecule has 0 spiro atoms. The molecule has 7 nitrogen and oxygen atoms in total. The lowest BCUT2D eigenvalue weighted by atomic mass is 9.99. The normalized spacial score (nSPS) is 17.5. The minimum absolute atomic E-state index is 0.106. The zero-order valence-electron chi connectivity index (χ0n) is 17.9. The Labute approximate surface area is 181 Å². The molecule has 160 valence electrons. The molecule has 1 fully saturated rings. The molecule has 7 heteroatoms. The maximum absolute atomic E-state index is 12.1. The number of aryl methyl sites for hydroxylation is 1. The third-order valence-corrected chi connectivity index (χ3v) is 6.11. The molecule has 0 unspecified atom stereocenters. The molecule has 2 amide bonds. The summed E-state index contributed by atoms with van der Waals surface area (Å²) < 4.78 is 0. The molecule has 1 aliphatic heterocycles. The van der Waals surface area contributed by atoms with Gasteiger partial charge in [0.05, 0.1) is 5.52 Å². The van der Waals surface area contributed by atoms with Gasteiger partial charge in [-0.25, -0.2) is 4.98 Å². The number of nitrogens with zero attached hydrogens (tertiary/aromatic N) is 4. The first kappa shape index (κ1) is 20.9. The smallest absolute Gasteiger partial charge is 0.267 e. The van der Waals surface area contributed by atoms with Crippen molar-refractivity contribution in [3.05, 3.63) is 71.2 Å². The van der Waals surface area contributed by atoms with E-state index in [0.717, 1.165) is 41.7 Å². The summed E-state index contributed by atoms with van der Waals surface area (Å²) in [5.74, 6) is -0.209. The highest BCUT2D eigenvalue weighted by Crippen LogP contribution is 2.25. The molecule has 2 aromatic heterocycles. The number of primary amides is 1. The maximum atomic E-state index is 12.1. The van der Waals surface area contributed by atoms with E-state index in [4.69, 9.17) is 5.73 Å². The van der Waals surface area contributed by atoms with Crippen molar-refractivity contribution >= 4 is 22.7 Å². The van der Waals surface area contributed by atoms with E-state index in [-0.39, 0.29) is 17.5 Å². The number of fused-ring (bicyclic) bond motifs is 1. The van der Waals surface area contributed by atoms with Crippen LogP contribution in [0.1, 0.15) is 40.0 Å². The summed E-state index contributed by atoms with van der Waals surface area (Å²) >= 11 is 0. The third-order valence-electron chi connectivity index (χ3n) is 6.11. The van der Waals surface area contributed by atoms with E-state index >= 15 is 0 Å². The summed E-state index contributed by atoms with van der Waals surface area (Å²) in [6.45, 7) is 7.58. The average Bonchev–Trinajstić information content (AvgIpc) is 2.99. The zero-order valence-corrected chi connectivity index (χ0v) is 17.9. The van der Waals surface area contributed by atoms with Crippen molar-refractivity contribution in [3.8, 4) is 0 Å². The number of benzene rings is 1. The van der Waals surface area contributed by atoms with Crippen LogP contribution in [0, 0.1) is 6.92 Å². The van der Waals surface area contributed by atoms with Gasteiger partial charge in [-0.15, -0.1) is 0 Å². The number of hydrogen-bond donors (Lipinski definition) is 1. The van der Waals surface area contributed by atoms with Crippen LogP contribution < -0.4 is 5.73 Å². The fourth-order valence-electron chi connectivity index (χ4n) is 4.28. The van der Waals surface area contributed by atoms with Gasteiger partial charge in [0.25, 0.3) is 5.91 Å². The number of nitrogens with two attached hydrogens (primary N) is 1. The Kier molecular flexibility index (Phi) is 5.95. The molecule has 1 saturated heterocycles. The molecule has 2 N–H and O–H groups in total. The van der Waals surface area contributed by atoms with Crippen LogP contribution in [0.3, 0.4) is 0 Å². The average molecular weight is 418 g/mol. The fourth-order valence-corrected chi connectivity index (χ4v) is 4.28. The topological polar surface area (TPSA) is 92.4 Å². The Balaban J connectivity index is 1.60. The predicted octanol–water partition coefficient (Wildman–Crippen LogP) is 2.49. The van der Waals surface area contributed by atoms with Crippen LogP contribution in [-0.2, 0) is 11.3 Å². The van der Waals surface area contributed by atoms with Crippen molar-refractivity contribution in [2.75, 3.05) is 26.2 Å². The van der Waals surface area contributed by atoms with Crippen molar-refractivity contribution < 1.29 is 9.59 Å². The number of hydrogen-bond acceptors (Lipinski definition) is 5. The Morgan fingerprint density at radius 3 is 2.68 bits per heavy atom. The quantitative estimate of drug-likeness (QED) is 0.704. The number of aromatic nitrogens is 2. The monoisotopic (exact) mass is 417 g/mol. The minimum Gasteiger partial charge on any atom is -0.364 e. The lowest BCUT2D eigenvalue weighted by molar-refractivity contribution is -0.128. The van der Waals surface area contributed by atoms with Crippen LogP contribution >= 0.6 is 0 Å². The minimum atomic E-state index is -0.523. The van der Waals surface area contributed by atoms with Crippen LogP contribution in [-0.4, -0.2) is 57.8 Å². The first-order valence-electron chi connectivity index (χ1n) is 10.5. The molecule has 3 heterocycles. The summed E-state index contributed by atoms with van der Waals surface area (Å²) in [5.41, 5.74) is 9.91. The molecule has 1 aromatic carbocycles. The molecule has 1 aliphatic rings. The molecule has 0 radical (unpaired) electrons. The highest BCUT2D eigenvalue weighted by atomic mass is 16.2. The highest BCUT2D eigenvalue weighted by molar-refractivity contribution is 5.94. The fraction of sp³-hybridized carbons (Fsp3) is 0.333. The number of carbonyl (C=O) groups excluding carboxylic acids is 2. The van der Waals surface area contributed by atoms with Crippen molar-refractivity contribution in [2.24, 2.45) is 5.73 Å². The second-order valence-electron chi connectivity index (χ2n) is 8.16. The Morgan fingerprint density at radius 2 is 1.97 bits per heavy atom. The molecule has 0 bridgehead atoms. The summed E-state index contributed by atoms with van der Waals surface area (Å²) in [6.07, 6.45) is 3.67. The van der Waals surface area contributed by atoms with E-state index in [1.54, 1.807) is 19.2 Å². The van der Waals surface area contributed by atoms with Gasteiger partial charge < -0.3 is 10.6 Å². The predicted molar refractivity (Wildman–Crippen MR) is 120 cm³/mol. The van der Waals surface area contributed by atoms with E-state index in [2.05, 4.69) is 33.9 Å². The second-order valence-corrected chi connectivity index (χ2v) is 8.16. The van der Waals surface area contributed by atoms with Gasteiger partial charge in [0.1, 0.15) is 5.69 Å². The van der Waals surface area contributed by atoms with E-state index < -0.39 is 5.91 Å². The number of amides is 2. The van der Waals surface area contributed by atoms with Gasteiger partial charge in [0.15, 0.2) is 0 Å². The molecule has 31 heavy (non-hydrogen) atoms. The SMILES string of the molecule is CC(=O)N1CCN(Cc2ccc3nc(C(N)=O)ccc3c2C)C[C@@H](c2cccnc2)C1. The first-order chi connectivity index (χ1) is 14.9. The van der Waals surface area contributed by atoms with Crippen LogP contribution in [0.4, 0.5) is 0 Å². The van der Waals surface area contributed by atoms with Crippen LogP contribution in [0.5, 0.6) is 0 Å². The number of rotatable bonds is 4. The van der Waals surface area contributed by atoms with E-state index in [1.807, 2.05) is 29.3 Å². The number of pyridine rings is 2. The highest BCUT2D eigenvalue weighted by Gasteiger charge is 2.26. The summed E-state index contributed by atoms with van der Waals surface area (Å²) in [7, 11) is 0. The van der Waals surface area contributed by atoms with Gasteiger partial charge in [-0.2, -0.15) is 0 Å². The first-order valence-corrected chi connectivity index (χ1v) is 10.5. The van der Waals surface area contributed by atoms with Gasteiger partial charge in [0.2, 0.25) is 5.91 Å². The van der Waals surface area contributed by atoms with Crippen molar-refractivity contribution in [3.63, 3.8) is 0 Å². The summed E-state index contributed by atoms with van der Waals surface area (Å²) in [4.78, 5) is 36.5. The van der Waals surface area contributed by atoms with Gasteiger partial charge in [-0.05, 0) is 41.8 Å². The Morgan fingerprint density at radius 1 is 1.13 bits per heavy atom. The third kappa shape index (κ3) is 4.56. The zero-order chi connectivity index (χ0) is 22.0. The Bertz CT molecular complexity index is 1120.